The molecule has 0 heterocycles. The fourth-order valence-electron chi connectivity index (χ4n) is 4.29. The molecule has 0 aliphatic heterocycles. The second-order valence-electron chi connectivity index (χ2n) is 11.3. The van der Waals surface area contributed by atoms with Gasteiger partial charge in [0.15, 0.2) is 0 Å². The van der Waals surface area contributed by atoms with Crippen molar-refractivity contribution in [2.24, 2.45) is 0 Å². The SMILES string of the molecule is Cc1cccc(C)c1NC(=O)C(c1c(C)cccc1C)N(C(=O)CNC(=O)OC(C)(C)C)C(C)(C)C. The van der Waals surface area contributed by atoms with Gasteiger partial charge < -0.3 is 20.3 Å². The van der Waals surface area contributed by atoms with Crippen LogP contribution in [0.2, 0.25) is 0 Å². The van der Waals surface area contributed by atoms with Crippen LogP contribution in [0.3, 0.4) is 0 Å². The minimum atomic E-state index is -0.918. The third-order valence-corrected chi connectivity index (χ3v) is 5.83. The number of carbonyl (C=O) groups is 3. The van der Waals surface area contributed by atoms with Crippen LogP contribution in [-0.2, 0) is 14.3 Å². The standard InChI is InChI=1S/C29H41N3O4/c1-18-13-11-14-19(2)23(18)25(26(34)31-24-20(3)15-12-16-21(24)4)32(28(5,6)7)22(33)17-30-27(35)36-29(8,9)10/h11-16,25H,17H2,1-10H3,(H,30,35)(H,31,34). The maximum absolute atomic E-state index is 14.0. The molecule has 1 atom stereocenters. The molecule has 0 bridgehead atoms. The van der Waals surface area contributed by atoms with Crippen LogP contribution in [0.5, 0.6) is 0 Å². The Labute approximate surface area is 215 Å². The maximum atomic E-state index is 14.0. The molecule has 1 unspecified atom stereocenters. The predicted octanol–water partition coefficient (Wildman–Crippen LogP) is 5.75. The van der Waals surface area contributed by atoms with Gasteiger partial charge in [0.1, 0.15) is 18.2 Å². The van der Waals surface area contributed by atoms with Gasteiger partial charge in [0, 0.05) is 11.2 Å². The summed E-state index contributed by atoms with van der Waals surface area (Å²) in [5.74, 6) is -0.706. The quantitative estimate of drug-likeness (QED) is 0.534. The summed E-state index contributed by atoms with van der Waals surface area (Å²) in [6.45, 7) is 18.4. The van der Waals surface area contributed by atoms with E-state index < -0.39 is 29.2 Å². The van der Waals surface area contributed by atoms with Crippen LogP contribution in [-0.4, -0.2) is 40.5 Å². The van der Waals surface area contributed by atoms with Gasteiger partial charge in [-0.05, 0) is 97.1 Å². The van der Waals surface area contributed by atoms with E-state index in [0.29, 0.717) is 0 Å². The van der Waals surface area contributed by atoms with Crippen LogP contribution in [0.4, 0.5) is 10.5 Å². The first kappa shape index (κ1) is 28.9. The monoisotopic (exact) mass is 495 g/mol. The van der Waals surface area contributed by atoms with Gasteiger partial charge in [-0.2, -0.15) is 0 Å². The zero-order chi connectivity index (χ0) is 27.4. The second-order valence-corrected chi connectivity index (χ2v) is 11.3. The van der Waals surface area contributed by atoms with Crippen molar-refractivity contribution in [1.82, 2.24) is 10.2 Å². The van der Waals surface area contributed by atoms with Crippen LogP contribution in [0, 0.1) is 27.7 Å². The number of rotatable bonds is 6. The van der Waals surface area contributed by atoms with E-state index in [0.717, 1.165) is 33.5 Å². The number of ether oxygens (including phenoxy) is 1. The van der Waals surface area contributed by atoms with Gasteiger partial charge in [-0.25, -0.2) is 4.79 Å². The van der Waals surface area contributed by atoms with E-state index in [9.17, 15) is 14.4 Å². The highest BCUT2D eigenvalue weighted by atomic mass is 16.6. The van der Waals surface area contributed by atoms with Crippen LogP contribution in [0.25, 0.3) is 0 Å². The minimum Gasteiger partial charge on any atom is -0.444 e. The molecule has 0 radical (unpaired) electrons. The summed E-state index contributed by atoms with van der Waals surface area (Å²) in [4.78, 5) is 41.5. The lowest BCUT2D eigenvalue weighted by molar-refractivity contribution is -0.144. The van der Waals surface area contributed by atoms with Crippen molar-refractivity contribution in [1.29, 1.82) is 0 Å². The molecule has 0 aliphatic rings. The van der Waals surface area contributed by atoms with Crippen molar-refractivity contribution < 1.29 is 19.1 Å². The van der Waals surface area contributed by atoms with Crippen molar-refractivity contribution >= 4 is 23.6 Å². The van der Waals surface area contributed by atoms with Gasteiger partial charge in [-0.15, -0.1) is 0 Å². The average Bonchev–Trinajstić information content (AvgIpc) is 2.71. The van der Waals surface area contributed by atoms with Crippen molar-refractivity contribution in [2.75, 3.05) is 11.9 Å². The Hall–Kier alpha value is -3.35. The first-order valence-electron chi connectivity index (χ1n) is 12.2. The largest absolute Gasteiger partial charge is 0.444 e. The zero-order valence-electron chi connectivity index (χ0n) is 23.3. The molecule has 2 rings (SSSR count). The van der Waals surface area contributed by atoms with Gasteiger partial charge in [0.2, 0.25) is 5.91 Å². The van der Waals surface area contributed by atoms with E-state index in [-0.39, 0.29) is 12.5 Å². The van der Waals surface area contributed by atoms with Gasteiger partial charge >= 0.3 is 6.09 Å². The smallest absolute Gasteiger partial charge is 0.408 e. The van der Waals surface area contributed by atoms with Gasteiger partial charge in [-0.1, -0.05) is 36.4 Å². The molecule has 0 aromatic heterocycles. The molecular weight excluding hydrogens is 454 g/mol. The maximum Gasteiger partial charge on any atom is 0.408 e. The molecule has 3 amide bonds. The van der Waals surface area contributed by atoms with Crippen LogP contribution in [0.15, 0.2) is 36.4 Å². The Bertz CT molecular complexity index is 1090. The van der Waals surface area contributed by atoms with Gasteiger partial charge in [0.05, 0.1) is 0 Å². The molecule has 196 valence electrons. The Kier molecular flexibility index (Phi) is 8.94. The van der Waals surface area contributed by atoms with Gasteiger partial charge in [0.25, 0.3) is 5.91 Å². The molecule has 2 aromatic carbocycles. The summed E-state index contributed by atoms with van der Waals surface area (Å²) >= 11 is 0. The third-order valence-electron chi connectivity index (χ3n) is 5.83. The highest BCUT2D eigenvalue weighted by Gasteiger charge is 2.40. The van der Waals surface area contributed by atoms with E-state index in [4.69, 9.17) is 4.74 Å². The topological polar surface area (TPSA) is 87.7 Å². The summed E-state index contributed by atoms with van der Waals surface area (Å²) in [6, 6.07) is 10.7. The summed E-state index contributed by atoms with van der Waals surface area (Å²) in [5.41, 5.74) is 3.74. The number of nitrogens with one attached hydrogen (secondary N) is 2. The molecule has 0 saturated heterocycles. The molecule has 2 aromatic rings. The van der Waals surface area contributed by atoms with Crippen molar-refractivity contribution in [2.45, 2.75) is 86.4 Å². The number of benzene rings is 2. The molecule has 0 fully saturated rings. The molecule has 7 heteroatoms. The normalized spacial score (nSPS) is 12.5. The van der Waals surface area contributed by atoms with E-state index in [2.05, 4.69) is 10.6 Å². The number of hydrogen-bond acceptors (Lipinski definition) is 4. The Morgan fingerprint density at radius 2 is 1.31 bits per heavy atom. The summed E-state index contributed by atoms with van der Waals surface area (Å²) in [7, 11) is 0. The molecular formula is C29H41N3O4. The first-order valence-corrected chi connectivity index (χ1v) is 12.2. The number of nitrogens with zero attached hydrogens (tertiary/aromatic N) is 1. The Morgan fingerprint density at radius 1 is 0.833 bits per heavy atom. The number of aryl methyl sites for hydroxylation is 4. The van der Waals surface area contributed by atoms with Crippen molar-refractivity contribution in [3.8, 4) is 0 Å². The lowest BCUT2D eigenvalue weighted by Gasteiger charge is -2.42. The fraction of sp³-hybridized carbons (Fsp3) is 0.483. The zero-order valence-corrected chi connectivity index (χ0v) is 23.3. The van der Waals surface area contributed by atoms with E-state index in [1.165, 1.54) is 0 Å². The predicted molar refractivity (Wildman–Crippen MR) is 144 cm³/mol. The Morgan fingerprint density at radius 3 is 1.75 bits per heavy atom. The number of anilines is 1. The van der Waals surface area contributed by atoms with E-state index in [1.807, 2.05) is 84.9 Å². The minimum absolute atomic E-state index is 0.301. The first-order chi connectivity index (χ1) is 16.5. The number of hydrogen-bond donors (Lipinski definition) is 2. The molecule has 0 spiro atoms. The molecule has 7 nitrogen and oxygen atoms in total. The third kappa shape index (κ3) is 7.33. The highest BCUT2D eigenvalue weighted by Crippen LogP contribution is 2.34. The number of amides is 3. The number of para-hydroxylation sites is 1. The molecule has 2 N–H and O–H groups in total. The van der Waals surface area contributed by atoms with Gasteiger partial charge in [-0.3, -0.25) is 9.59 Å². The van der Waals surface area contributed by atoms with Crippen LogP contribution in [0.1, 0.15) is 75.4 Å². The molecule has 36 heavy (non-hydrogen) atoms. The lowest BCUT2D eigenvalue weighted by Crippen LogP contribution is -2.54. The number of alkyl carbamates (subject to hydrolysis) is 1. The fourth-order valence-corrected chi connectivity index (χ4v) is 4.29. The van der Waals surface area contributed by atoms with E-state index in [1.54, 1.807) is 25.7 Å². The molecule has 0 aliphatic carbocycles. The lowest BCUT2D eigenvalue weighted by atomic mass is 9.90. The summed E-state index contributed by atoms with van der Waals surface area (Å²) in [6.07, 6.45) is -0.687. The second kappa shape index (κ2) is 11.1. The van der Waals surface area contributed by atoms with Crippen LogP contribution < -0.4 is 10.6 Å². The number of carbonyl (C=O) groups excluding carboxylic acids is 3. The van der Waals surface area contributed by atoms with Crippen molar-refractivity contribution in [3.63, 3.8) is 0 Å². The van der Waals surface area contributed by atoms with Crippen molar-refractivity contribution in [3.05, 3.63) is 64.2 Å². The summed E-state index contributed by atoms with van der Waals surface area (Å²) in [5, 5.41) is 5.64. The summed E-state index contributed by atoms with van der Waals surface area (Å²) < 4.78 is 5.29. The highest BCUT2D eigenvalue weighted by molar-refractivity contribution is 6.00. The van der Waals surface area contributed by atoms with Crippen LogP contribution >= 0.6 is 0 Å². The van der Waals surface area contributed by atoms with E-state index >= 15 is 0 Å². The average molecular weight is 496 g/mol. The Balaban J connectivity index is 2.54. The molecule has 0 saturated carbocycles.